The van der Waals surface area contributed by atoms with Crippen molar-refractivity contribution in [1.82, 2.24) is 4.90 Å². The van der Waals surface area contributed by atoms with Gasteiger partial charge in [-0.25, -0.2) is 4.79 Å². The van der Waals surface area contributed by atoms with E-state index in [0.717, 1.165) is 102 Å². The van der Waals surface area contributed by atoms with Crippen molar-refractivity contribution in [1.29, 1.82) is 0 Å². The lowest BCUT2D eigenvalue weighted by Crippen LogP contribution is -2.28. The SMILES string of the molecule is CCCCCC(CCCCC)CCOC(=O)CCCCCCCCN(CCCCCCCCC(=O)OCCC(CCCCC)CCCCC)CCCOC(=O)OCCCBr. The summed E-state index contributed by atoms with van der Waals surface area (Å²) in [4.78, 5) is 39.2. The molecule has 0 rings (SSSR count). The van der Waals surface area contributed by atoms with Crippen molar-refractivity contribution in [2.75, 3.05) is 51.4 Å². The van der Waals surface area contributed by atoms with Crippen molar-refractivity contribution in [3.8, 4) is 0 Å². The quantitative estimate of drug-likeness (QED) is 0.0258. The lowest BCUT2D eigenvalue weighted by atomic mass is 9.92. The van der Waals surface area contributed by atoms with E-state index in [1.54, 1.807) is 0 Å². The number of halogens is 1. The minimum atomic E-state index is -0.572. The predicted molar refractivity (Wildman–Crippen MR) is 256 cm³/mol. The van der Waals surface area contributed by atoms with Gasteiger partial charge in [-0.1, -0.05) is 198 Å². The van der Waals surface area contributed by atoms with Crippen molar-refractivity contribution in [3.63, 3.8) is 0 Å². The highest BCUT2D eigenvalue weighted by Crippen LogP contribution is 2.23. The fourth-order valence-corrected chi connectivity index (χ4v) is 8.30. The highest BCUT2D eigenvalue weighted by Gasteiger charge is 2.13. The summed E-state index contributed by atoms with van der Waals surface area (Å²) in [6.45, 7) is 14.0. The van der Waals surface area contributed by atoms with Gasteiger partial charge in [0.15, 0.2) is 0 Å². The molecule has 0 atom stereocenters. The van der Waals surface area contributed by atoms with Gasteiger partial charge in [-0.2, -0.15) is 0 Å². The molecule has 0 heterocycles. The molecule has 0 N–H and O–H groups in total. The van der Waals surface area contributed by atoms with Gasteiger partial charge >= 0.3 is 18.1 Å². The predicted octanol–water partition coefficient (Wildman–Crippen LogP) is 15.5. The molecule has 0 saturated carbocycles. The number of nitrogens with zero attached hydrogens (tertiary/aromatic N) is 1. The second kappa shape index (κ2) is 47.1. The van der Waals surface area contributed by atoms with Gasteiger partial charge in [0, 0.05) is 24.7 Å². The van der Waals surface area contributed by atoms with Crippen LogP contribution in [-0.4, -0.2) is 74.4 Å². The molecule has 356 valence electrons. The Hall–Kier alpha value is -1.35. The van der Waals surface area contributed by atoms with Gasteiger partial charge in [0.2, 0.25) is 0 Å². The van der Waals surface area contributed by atoms with Crippen LogP contribution in [0.15, 0.2) is 0 Å². The Morgan fingerprint density at radius 1 is 0.383 bits per heavy atom. The molecule has 0 bridgehead atoms. The van der Waals surface area contributed by atoms with E-state index in [9.17, 15) is 14.4 Å². The number of unbranched alkanes of at least 4 members (excludes halogenated alkanes) is 18. The zero-order valence-corrected chi connectivity index (χ0v) is 41.6. The standard InChI is InChI=1S/C51H98BrNO7/c1-5-9-21-31-47(32-22-10-6-2)37-45-57-49(54)35-25-17-13-15-19-27-40-53(42-30-44-60-51(56)59-43-29-39-52)41-28-20-16-14-18-26-36-50(55)58-46-38-48(33-23-11-7-3)34-24-12-8-4/h47-48H,5-46H2,1-4H3. The zero-order valence-electron chi connectivity index (χ0n) is 40.0. The minimum absolute atomic E-state index is 0.0209. The summed E-state index contributed by atoms with van der Waals surface area (Å²) in [5, 5.41) is 0.802. The van der Waals surface area contributed by atoms with Crippen molar-refractivity contribution < 1.29 is 33.3 Å². The van der Waals surface area contributed by atoms with E-state index in [1.807, 2.05) is 0 Å². The maximum absolute atomic E-state index is 12.4. The average Bonchev–Trinajstić information content (AvgIpc) is 3.23. The fraction of sp³-hybridized carbons (Fsp3) is 0.941. The normalized spacial score (nSPS) is 11.5. The van der Waals surface area contributed by atoms with Crippen molar-refractivity contribution >= 4 is 34.0 Å². The van der Waals surface area contributed by atoms with Crippen LogP contribution in [0.2, 0.25) is 0 Å². The number of esters is 2. The average molecular weight is 917 g/mol. The second-order valence-corrected chi connectivity index (χ2v) is 18.5. The van der Waals surface area contributed by atoms with Crippen LogP contribution in [0.5, 0.6) is 0 Å². The monoisotopic (exact) mass is 916 g/mol. The third-order valence-corrected chi connectivity index (χ3v) is 12.5. The molecule has 0 radical (unpaired) electrons. The second-order valence-electron chi connectivity index (χ2n) is 17.7. The zero-order chi connectivity index (χ0) is 44.0. The first kappa shape index (κ1) is 58.6. The molecule has 0 aromatic heterocycles. The van der Waals surface area contributed by atoms with Crippen LogP contribution in [0.3, 0.4) is 0 Å². The van der Waals surface area contributed by atoms with E-state index in [1.165, 1.54) is 128 Å². The lowest BCUT2D eigenvalue weighted by molar-refractivity contribution is -0.145. The Morgan fingerprint density at radius 3 is 1.12 bits per heavy atom. The molecule has 0 aromatic carbocycles. The summed E-state index contributed by atoms with van der Waals surface area (Å²) in [7, 11) is 0. The number of hydrogen-bond acceptors (Lipinski definition) is 8. The van der Waals surface area contributed by atoms with E-state index in [0.29, 0.717) is 51.1 Å². The highest BCUT2D eigenvalue weighted by molar-refractivity contribution is 9.09. The Bertz CT molecular complexity index is 859. The summed E-state index contributed by atoms with van der Waals surface area (Å²) < 4.78 is 21.7. The first-order valence-electron chi connectivity index (χ1n) is 25.8. The van der Waals surface area contributed by atoms with E-state index in [2.05, 4.69) is 48.5 Å². The fourth-order valence-electron chi connectivity index (χ4n) is 8.08. The van der Waals surface area contributed by atoms with Crippen LogP contribution in [0, 0.1) is 11.8 Å². The maximum atomic E-state index is 12.4. The van der Waals surface area contributed by atoms with Crippen molar-refractivity contribution in [3.05, 3.63) is 0 Å². The van der Waals surface area contributed by atoms with Crippen LogP contribution in [-0.2, 0) is 28.5 Å². The van der Waals surface area contributed by atoms with Crippen LogP contribution >= 0.6 is 15.9 Å². The molecule has 0 aromatic rings. The Morgan fingerprint density at radius 2 is 0.733 bits per heavy atom. The minimum Gasteiger partial charge on any atom is -0.466 e. The molecule has 0 aliphatic carbocycles. The molecule has 60 heavy (non-hydrogen) atoms. The summed E-state index contributed by atoms with van der Waals surface area (Å²) in [6, 6.07) is 0. The molecule has 8 nitrogen and oxygen atoms in total. The highest BCUT2D eigenvalue weighted by atomic mass is 79.9. The molecule has 0 spiro atoms. The Kier molecular flexibility index (Phi) is 46.1. The molecule has 0 fully saturated rings. The molecule has 0 amide bonds. The summed E-state index contributed by atoms with van der Waals surface area (Å²) >= 11 is 3.35. The van der Waals surface area contributed by atoms with E-state index >= 15 is 0 Å². The molecule has 9 heteroatoms. The molecular formula is C51H98BrNO7. The third kappa shape index (κ3) is 42.0. The van der Waals surface area contributed by atoms with Crippen molar-refractivity contribution in [2.24, 2.45) is 11.8 Å². The number of alkyl halides is 1. The molecule has 0 saturated heterocycles. The maximum Gasteiger partial charge on any atom is 0.508 e. The summed E-state index contributed by atoms with van der Waals surface area (Å²) in [5.41, 5.74) is 0. The van der Waals surface area contributed by atoms with Gasteiger partial charge in [0.1, 0.15) is 0 Å². The van der Waals surface area contributed by atoms with Crippen molar-refractivity contribution in [2.45, 2.75) is 246 Å². The molecule has 0 unspecified atom stereocenters. The summed E-state index contributed by atoms with van der Waals surface area (Å²) in [6.07, 6.45) is 38.1. The first-order chi connectivity index (χ1) is 29.4. The van der Waals surface area contributed by atoms with E-state index < -0.39 is 6.16 Å². The topological polar surface area (TPSA) is 91.4 Å². The van der Waals surface area contributed by atoms with Crippen LogP contribution in [0.1, 0.15) is 246 Å². The van der Waals surface area contributed by atoms with Crippen LogP contribution in [0.4, 0.5) is 4.79 Å². The number of rotatable bonds is 47. The number of carbonyl (C=O) groups excluding carboxylic acids is 3. The summed E-state index contributed by atoms with van der Waals surface area (Å²) in [5.74, 6) is 1.36. The third-order valence-electron chi connectivity index (χ3n) is 12.0. The van der Waals surface area contributed by atoms with E-state index in [4.69, 9.17) is 18.9 Å². The number of ether oxygens (including phenoxy) is 4. The number of carbonyl (C=O) groups is 3. The van der Waals surface area contributed by atoms with Gasteiger partial charge in [0.05, 0.1) is 26.4 Å². The van der Waals surface area contributed by atoms with Gasteiger partial charge < -0.3 is 23.8 Å². The van der Waals surface area contributed by atoms with Crippen LogP contribution < -0.4 is 0 Å². The smallest absolute Gasteiger partial charge is 0.466 e. The largest absolute Gasteiger partial charge is 0.508 e. The molecular weight excluding hydrogens is 818 g/mol. The van der Waals surface area contributed by atoms with Gasteiger partial charge in [-0.3, -0.25) is 9.59 Å². The Labute approximate surface area is 380 Å². The van der Waals surface area contributed by atoms with E-state index in [-0.39, 0.29) is 11.9 Å². The molecule has 0 aliphatic rings. The van der Waals surface area contributed by atoms with Gasteiger partial charge in [-0.05, 0) is 76.3 Å². The molecule has 0 aliphatic heterocycles. The number of hydrogen-bond donors (Lipinski definition) is 0. The van der Waals surface area contributed by atoms with Gasteiger partial charge in [0.25, 0.3) is 0 Å². The van der Waals surface area contributed by atoms with Gasteiger partial charge in [-0.15, -0.1) is 0 Å². The lowest BCUT2D eigenvalue weighted by Gasteiger charge is -2.22. The first-order valence-corrected chi connectivity index (χ1v) is 26.9. The Balaban J connectivity index is 4.33. The van der Waals surface area contributed by atoms with Crippen LogP contribution in [0.25, 0.3) is 0 Å².